The van der Waals surface area contributed by atoms with Gasteiger partial charge in [0, 0.05) is 22.5 Å². The third kappa shape index (κ3) is 3.70. The molecule has 1 saturated carbocycles. The molecule has 0 bridgehead atoms. The van der Waals surface area contributed by atoms with Crippen molar-refractivity contribution >= 4 is 27.7 Å². The van der Waals surface area contributed by atoms with Crippen LogP contribution in [0.15, 0.2) is 27.8 Å². The van der Waals surface area contributed by atoms with Gasteiger partial charge in [0.1, 0.15) is 5.03 Å². The van der Waals surface area contributed by atoms with E-state index < -0.39 is 0 Å². The Morgan fingerprint density at radius 2 is 2.29 bits per heavy atom. The first-order valence-electron chi connectivity index (χ1n) is 6.22. The van der Waals surface area contributed by atoms with Crippen molar-refractivity contribution < 1.29 is 0 Å². The molecule has 0 aliphatic heterocycles. The van der Waals surface area contributed by atoms with Crippen LogP contribution in [0.5, 0.6) is 0 Å². The van der Waals surface area contributed by atoms with Crippen molar-refractivity contribution in [1.82, 2.24) is 10.3 Å². The SMILES string of the molecule is CNC(CSc1ncccc1Br)C1CCCC1. The number of nitrogens with one attached hydrogen (secondary N) is 1. The molecule has 94 valence electrons. The molecule has 1 aromatic heterocycles. The van der Waals surface area contributed by atoms with Crippen molar-refractivity contribution in [2.24, 2.45) is 5.92 Å². The van der Waals surface area contributed by atoms with Gasteiger partial charge < -0.3 is 5.32 Å². The summed E-state index contributed by atoms with van der Waals surface area (Å²) in [6, 6.07) is 4.64. The molecule has 2 nitrogen and oxygen atoms in total. The van der Waals surface area contributed by atoms with Gasteiger partial charge in [-0.05, 0) is 53.9 Å². The Labute approximate surface area is 116 Å². The van der Waals surface area contributed by atoms with Gasteiger partial charge in [0.05, 0.1) is 0 Å². The topological polar surface area (TPSA) is 24.9 Å². The molecule has 0 radical (unpaired) electrons. The van der Waals surface area contributed by atoms with E-state index in [4.69, 9.17) is 0 Å². The second-order valence-electron chi connectivity index (χ2n) is 4.54. The molecule has 1 fully saturated rings. The first kappa shape index (κ1) is 13.4. The van der Waals surface area contributed by atoms with Crippen LogP contribution >= 0.6 is 27.7 Å². The molecular weight excluding hydrogens is 296 g/mol. The average Bonchev–Trinajstić information content (AvgIpc) is 2.86. The van der Waals surface area contributed by atoms with Gasteiger partial charge in [-0.1, -0.05) is 12.8 Å². The quantitative estimate of drug-likeness (QED) is 0.839. The van der Waals surface area contributed by atoms with Gasteiger partial charge in [0.2, 0.25) is 0 Å². The first-order valence-corrected chi connectivity index (χ1v) is 7.99. The second kappa shape index (κ2) is 6.76. The monoisotopic (exact) mass is 314 g/mol. The third-order valence-electron chi connectivity index (χ3n) is 3.46. The molecule has 1 aliphatic carbocycles. The zero-order valence-electron chi connectivity index (χ0n) is 10.2. The van der Waals surface area contributed by atoms with Crippen LogP contribution in [-0.4, -0.2) is 23.8 Å². The standard InChI is InChI=1S/C13H19BrN2S/c1-15-12(10-5-2-3-6-10)9-17-13-11(14)7-4-8-16-13/h4,7-8,10,12,15H,2-3,5-6,9H2,1H3. The summed E-state index contributed by atoms with van der Waals surface area (Å²) in [4.78, 5) is 4.40. The van der Waals surface area contributed by atoms with E-state index in [0.717, 1.165) is 21.2 Å². The van der Waals surface area contributed by atoms with Crippen molar-refractivity contribution in [3.05, 3.63) is 22.8 Å². The number of nitrogens with zero attached hydrogens (tertiary/aromatic N) is 1. The fourth-order valence-electron chi connectivity index (χ4n) is 2.46. The van der Waals surface area contributed by atoms with Crippen LogP contribution in [0.3, 0.4) is 0 Å². The molecule has 0 aromatic carbocycles. The van der Waals surface area contributed by atoms with Crippen molar-refractivity contribution in [2.75, 3.05) is 12.8 Å². The van der Waals surface area contributed by atoms with Gasteiger partial charge in [-0.25, -0.2) is 4.98 Å². The summed E-state index contributed by atoms with van der Waals surface area (Å²) in [6.45, 7) is 0. The Balaban J connectivity index is 1.89. The largest absolute Gasteiger partial charge is 0.316 e. The van der Waals surface area contributed by atoms with E-state index in [0.29, 0.717) is 6.04 Å². The number of hydrogen-bond donors (Lipinski definition) is 1. The Morgan fingerprint density at radius 1 is 1.53 bits per heavy atom. The summed E-state index contributed by atoms with van der Waals surface area (Å²) < 4.78 is 1.10. The maximum Gasteiger partial charge on any atom is 0.110 e. The molecule has 2 rings (SSSR count). The second-order valence-corrected chi connectivity index (χ2v) is 6.40. The van der Waals surface area contributed by atoms with Crippen molar-refractivity contribution in [1.29, 1.82) is 0 Å². The van der Waals surface area contributed by atoms with E-state index in [1.54, 1.807) is 0 Å². The fourth-order valence-corrected chi connectivity index (χ4v) is 4.18. The van der Waals surface area contributed by atoms with Gasteiger partial charge in [-0.2, -0.15) is 0 Å². The van der Waals surface area contributed by atoms with Crippen molar-refractivity contribution in [2.45, 2.75) is 36.8 Å². The molecule has 1 aromatic rings. The van der Waals surface area contributed by atoms with E-state index in [1.807, 2.05) is 24.0 Å². The zero-order valence-corrected chi connectivity index (χ0v) is 12.6. The summed E-state index contributed by atoms with van der Waals surface area (Å²) in [5.74, 6) is 1.96. The minimum atomic E-state index is 0.622. The fraction of sp³-hybridized carbons (Fsp3) is 0.615. The predicted octanol–water partition coefficient (Wildman–Crippen LogP) is 3.71. The Morgan fingerprint density at radius 3 is 2.94 bits per heavy atom. The van der Waals surface area contributed by atoms with Gasteiger partial charge in [-0.15, -0.1) is 11.8 Å². The lowest BCUT2D eigenvalue weighted by Crippen LogP contribution is -2.34. The Hall–Kier alpha value is -0.0600. The summed E-state index contributed by atoms with van der Waals surface area (Å²) in [5, 5.41) is 4.57. The minimum absolute atomic E-state index is 0.622. The predicted molar refractivity (Wildman–Crippen MR) is 77.5 cm³/mol. The zero-order chi connectivity index (χ0) is 12.1. The molecule has 17 heavy (non-hydrogen) atoms. The maximum atomic E-state index is 4.40. The van der Waals surface area contributed by atoms with Gasteiger partial charge in [-0.3, -0.25) is 0 Å². The van der Waals surface area contributed by atoms with E-state index in [9.17, 15) is 0 Å². The van der Waals surface area contributed by atoms with Crippen molar-refractivity contribution in [3.63, 3.8) is 0 Å². The molecule has 1 atom stereocenters. The summed E-state index contributed by atoms with van der Waals surface area (Å²) >= 11 is 5.39. The normalized spacial score (nSPS) is 18.5. The van der Waals surface area contributed by atoms with E-state index in [2.05, 4.69) is 39.3 Å². The van der Waals surface area contributed by atoms with Crippen LogP contribution in [0.1, 0.15) is 25.7 Å². The molecule has 1 heterocycles. The molecule has 1 unspecified atom stereocenters. The number of aromatic nitrogens is 1. The smallest absolute Gasteiger partial charge is 0.110 e. The summed E-state index contributed by atoms with van der Waals surface area (Å²) in [6.07, 6.45) is 7.43. The molecule has 4 heteroatoms. The van der Waals surface area contributed by atoms with Crippen LogP contribution in [0, 0.1) is 5.92 Å². The number of thioether (sulfide) groups is 1. The van der Waals surface area contributed by atoms with Gasteiger partial charge in [0.25, 0.3) is 0 Å². The van der Waals surface area contributed by atoms with E-state index in [-0.39, 0.29) is 0 Å². The lowest BCUT2D eigenvalue weighted by Gasteiger charge is -2.22. The highest BCUT2D eigenvalue weighted by Gasteiger charge is 2.23. The van der Waals surface area contributed by atoms with Crippen LogP contribution in [0.25, 0.3) is 0 Å². The molecule has 0 saturated heterocycles. The Kier molecular flexibility index (Phi) is 5.32. The molecule has 1 aliphatic rings. The summed E-state index contributed by atoms with van der Waals surface area (Å²) in [7, 11) is 2.08. The van der Waals surface area contributed by atoms with Crippen LogP contribution in [-0.2, 0) is 0 Å². The molecule has 0 spiro atoms. The average molecular weight is 315 g/mol. The molecule has 1 N–H and O–H groups in total. The number of hydrogen-bond acceptors (Lipinski definition) is 3. The van der Waals surface area contributed by atoms with Gasteiger partial charge >= 0.3 is 0 Å². The van der Waals surface area contributed by atoms with Gasteiger partial charge in [0.15, 0.2) is 0 Å². The van der Waals surface area contributed by atoms with E-state index in [1.165, 1.54) is 25.7 Å². The molecule has 0 amide bonds. The first-order chi connectivity index (χ1) is 8.31. The number of rotatable bonds is 5. The van der Waals surface area contributed by atoms with Crippen LogP contribution < -0.4 is 5.32 Å². The number of halogens is 1. The Bertz CT molecular complexity index is 353. The van der Waals surface area contributed by atoms with Crippen LogP contribution in [0.4, 0.5) is 0 Å². The lowest BCUT2D eigenvalue weighted by molar-refractivity contribution is 0.410. The summed E-state index contributed by atoms with van der Waals surface area (Å²) in [5.41, 5.74) is 0. The van der Waals surface area contributed by atoms with E-state index >= 15 is 0 Å². The van der Waals surface area contributed by atoms with Crippen LogP contribution in [0.2, 0.25) is 0 Å². The van der Waals surface area contributed by atoms with Crippen molar-refractivity contribution in [3.8, 4) is 0 Å². The number of pyridine rings is 1. The lowest BCUT2D eigenvalue weighted by atomic mass is 10.0. The maximum absolute atomic E-state index is 4.40. The molecular formula is C13H19BrN2S. The highest BCUT2D eigenvalue weighted by atomic mass is 79.9. The highest BCUT2D eigenvalue weighted by Crippen LogP contribution is 2.31. The third-order valence-corrected chi connectivity index (χ3v) is 5.49. The highest BCUT2D eigenvalue weighted by molar-refractivity contribution is 9.10. The minimum Gasteiger partial charge on any atom is -0.316 e.